The number of nitrogens with zero attached hydrogens (tertiary/aromatic N) is 4. The summed E-state index contributed by atoms with van der Waals surface area (Å²) in [6.45, 7) is 1.27. The topological polar surface area (TPSA) is 80.1 Å². The zero-order valence-corrected chi connectivity index (χ0v) is 17.9. The van der Waals surface area contributed by atoms with Gasteiger partial charge in [-0.15, -0.1) is 0 Å². The van der Waals surface area contributed by atoms with Crippen molar-refractivity contribution in [3.05, 3.63) is 83.1 Å². The first-order valence-electron chi connectivity index (χ1n) is 10.4. The third-order valence-electron chi connectivity index (χ3n) is 5.48. The SMILES string of the molecule is O=C(Nc1ccc(N2CCCC2=O)c(Cl)c1)c1cnc2c(cnn2Cc2ccccc2)c1. The lowest BCUT2D eigenvalue weighted by molar-refractivity contribution is -0.117. The minimum absolute atomic E-state index is 0.0656. The number of amides is 2. The van der Waals surface area contributed by atoms with Crippen molar-refractivity contribution in [3.63, 3.8) is 0 Å². The molecule has 0 aliphatic carbocycles. The molecule has 1 fully saturated rings. The Morgan fingerprint density at radius 2 is 1.94 bits per heavy atom. The number of aromatic nitrogens is 3. The maximum Gasteiger partial charge on any atom is 0.257 e. The molecule has 1 saturated heterocycles. The quantitative estimate of drug-likeness (QED) is 0.490. The summed E-state index contributed by atoms with van der Waals surface area (Å²) < 4.78 is 1.81. The molecular formula is C24H20ClN5O2. The van der Waals surface area contributed by atoms with Gasteiger partial charge in [-0.3, -0.25) is 9.59 Å². The number of nitrogens with one attached hydrogen (secondary N) is 1. The third kappa shape index (κ3) is 3.94. The maximum absolute atomic E-state index is 12.8. The first kappa shape index (κ1) is 20.2. The van der Waals surface area contributed by atoms with Crippen LogP contribution >= 0.6 is 11.6 Å². The number of pyridine rings is 1. The van der Waals surface area contributed by atoms with Gasteiger partial charge >= 0.3 is 0 Å². The van der Waals surface area contributed by atoms with Gasteiger partial charge in [-0.05, 0) is 36.2 Å². The van der Waals surface area contributed by atoms with Gasteiger partial charge in [-0.2, -0.15) is 5.10 Å². The van der Waals surface area contributed by atoms with Gasteiger partial charge in [0.1, 0.15) is 0 Å². The van der Waals surface area contributed by atoms with Gasteiger partial charge in [-0.25, -0.2) is 9.67 Å². The van der Waals surface area contributed by atoms with Crippen molar-refractivity contribution in [2.45, 2.75) is 19.4 Å². The van der Waals surface area contributed by atoms with E-state index in [1.54, 1.807) is 41.6 Å². The van der Waals surface area contributed by atoms with E-state index in [4.69, 9.17) is 11.6 Å². The molecule has 7 nitrogen and oxygen atoms in total. The average molecular weight is 446 g/mol. The highest BCUT2D eigenvalue weighted by molar-refractivity contribution is 6.34. The molecule has 3 heterocycles. The van der Waals surface area contributed by atoms with Gasteiger partial charge in [0.05, 0.1) is 29.0 Å². The summed E-state index contributed by atoms with van der Waals surface area (Å²) in [5.74, 6) is -0.229. The molecule has 8 heteroatoms. The fourth-order valence-corrected chi connectivity index (χ4v) is 4.16. The lowest BCUT2D eigenvalue weighted by Gasteiger charge is -2.18. The third-order valence-corrected chi connectivity index (χ3v) is 5.79. The van der Waals surface area contributed by atoms with Crippen LogP contribution in [0.15, 0.2) is 67.0 Å². The zero-order chi connectivity index (χ0) is 22.1. The number of rotatable bonds is 5. The van der Waals surface area contributed by atoms with Gasteiger partial charge in [0, 0.05) is 30.2 Å². The molecule has 0 radical (unpaired) electrons. The van der Waals surface area contributed by atoms with Crippen LogP contribution in [0, 0.1) is 0 Å². The van der Waals surface area contributed by atoms with Crippen LogP contribution in [0.4, 0.5) is 11.4 Å². The Hall–Kier alpha value is -3.71. The van der Waals surface area contributed by atoms with E-state index in [-0.39, 0.29) is 11.8 Å². The van der Waals surface area contributed by atoms with E-state index in [1.807, 2.05) is 35.0 Å². The lowest BCUT2D eigenvalue weighted by Crippen LogP contribution is -2.24. The molecule has 32 heavy (non-hydrogen) atoms. The van der Waals surface area contributed by atoms with Crippen LogP contribution in [0.1, 0.15) is 28.8 Å². The van der Waals surface area contributed by atoms with E-state index in [2.05, 4.69) is 15.4 Å². The first-order valence-corrected chi connectivity index (χ1v) is 10.7. The predicted molar refractivity (Wildman–Crippen MR) is 124 cm³/mol. The Morgan fingerprint density at radius 1 is 1.09 bits per heavy atom. The molecule has 2 amide bonds. The summed E-state index contributed by atoms with van der Waals surface area (Å²) in [5.41, 5.74) is 3.48. The number of carbonyl (C=O) groups is 2. The highest BCUT2D eigenvalue weighted by Crippen LogP contribution is 2.32. The second kappa shape index (κ2) is 8.43. The van der Waals surface area contributed by atoms with Crippen molar-refractivity contribution in [1.29, 1.82) is 0 Å². The van der Waals surface area contributed by atoms with Crippen molar-refractivity contribution >= 4 is 45.8 Å². The van der Waals surface area contributed by atoms with Crippen LogP contribution in [-0.4, -0.2) is 33.1 Å². The average Bonchev–Trinajstić information content (AvgIpc) is 3.40. The van der Waals surface area contributed by atoms with Crippen LogP contribution in [0.25, 0.3) is 11.0 Å². The van der Waals surface area contributed by atoms with Crippen LogP contribution in [-0.2, 0) is 11.3 Å². The van der Waals surface area contributed by atoms with Crippen molar-refractivity contribution < 1.29 is 9.59 Å². The Kier molecular flexibility index (Phi) is 5.33. The van der Waals surface area contributed by atoms with E-state index < -0.39 is 0 Å². The van der Waals surface area contributed by atoms with E-state index in [9.17, 15) is 9.59 Å². The molecule has 160 valence electrons. The Bertz CT molecular complexity index is 1320. The maximum atomic E-state index is 12.8. The summed E-state index contributed by atoms with van der Waals surface area (Å²) >= 11 is 6.38. The Labute approximate surface area is 189 Å². The monoisotopic (exact) mass is 445 g/mol. The van der Waals surface area contributed by atoms with Gasteiger partial charge in [0.15, 0.2) is 5.65 Å². The normalized spacial score (nSPS) is 13.7. The van der Waals surface area contributed by atoms with Crippen molar-refractivity contribution in [3.8, 4) is 0 Å². The van der Waals surface area contributed by atoms with Crippen molar-refractivity contribution in [2.24, 2.45) is 0 Å². The number of benzene rings is 2. The minimum atomic E-state index is -0.295. The summed E-state index contributed by atoms with van der Waals surface area (Å²) in [5, 5.41) is 8.47. The van der Waals surface area contributed by atoms with E-state index in [0.717, 1.165) is 17.4 Å². The molecule has 0 atom stereocenters. The molecule has 0 unspecified atom stereocenters. The number of hydrogen-bond donors (Lipinski definition) is 1. The van der Waals surface area contributed by atoms with Crippen LogP contribution in [0.2, 0.25) is 5.02 Å². The summed E-state index contributed by atoms with van der Waals surface area (Å²) in [4.78, 5) is 30.9. The largest absolute Gasteiger partial charge is 0.322 e. The molecule has 0 bridgehead atoms. The molecule has 0 saturated carbocycles. The molecular weight excluding hydrogens is 426 g/mol. The first-order chi connectivity index (χ1) is 15.6. The second-order valence-corrected chi connectivity index (χ2v) is 8.10. The van der Waals surface area contributed by atoms with Crippen LogP contribution < -0.4 is 10.2 Å². The predicted octanol–water partition coefficient (Wildman–Crippen LogP) is 4.51. The number of anilines is 2. The zero-order valence-electron chi connectivity index (χ0n) is 17.2. The number of carbonyl (C=O) groups excluding carboxylic acids is 2. The van der Waals surface area contributed by atoms with Gasteiger partial charge < -0.3 is 10.2 Å². The second-order valence-electron chi connectivity index (χ2n) is 7.69. The molecule has 1 aliphatic heterocycles. The Morgan fingerprint density at radius 3 is 2.69 bits per heavy atom. The van der Waals surface area contributed by atoms with E-state index in [0.29, 0.717) is 47.1 Å². The Balaban J connectivity index is 1.33. The lowest BCUT2D eigenvalue weighted by atomic mass is 10.2. The highest BCUT2D eigenvalue weighted by Gasteiger charge is 2.23. The van der Waals surface area contributed by atoms with Crippen LogP contribution in [0.3, 0.4) is 0 Å². The molecule has 4 aromatic rings. The standard InChI is InChI=1S/C24H20ClN5O2/c25-20-12-19(8-9-21(20)29-10-4-7-22(29)31)28-24(32)18-11-17-14-27-30(23(17)26-13-18)15-16-5-2-1-3-6-16/h1-3,5-6,8-9,11-14H,4,7,10,15H2,(H,28,32). The van der Waals surface area contributed by atoms with Gasteiger partial charge in [-0.1, -0.05) is 41.9 Å². The molecule has 5 rings (SSSR count). The number of halogens is 1. The molecule has 2 aromatic carbocycles. The molecule has 0 spiro atoms. The number of fused-ring (bicyclic) bond motifs is 1. The van der Waals surface area contributed by atoms with Crippen molar-refractivity contribution in [1.82, 2.24) is 14.8 Å². The molecule has 2 aromatic heterocycles. The smallest absolute Gasteiger partial charge is 0.257 e. The summed E-state index contributed by atoms with van der Waals surface area (Å²) in [6.07, 6.45) is 4.61. The van der Waals surface area contributed by atoms with Gasteiger partial charge in [0.2, 0.25) is 5.91 Å². The summed E-state index contributed by atoms with van der Waals surface area (Å²) in [7, 11) is 0. The van der Waals surface area contributed by atoms with E-state index in [1.165, 1.54) is 0 Å². The fourth-order valence-electron chi connectivity index (χ4n) is 3.88. The molecule has 1 N–H and O–H groups in total. The van der Waals surface area contributed by atoms with Crippen molar-refractivity contribution in [2.75, 3.05) is 16.8 Å². The number of hydrogen-bond acceptors (Lipinski definition) is 4. The summed E-state index contributed by atoms with van der Waals surface area (Å²) in [6, 6.07) is 16.9. The highest BCUT2D eigenvalue weighted by atomic mass is 35.5. The minimum Gasteiger partial charge on any atom is -0.322 e. The van der Waals surface area contributed by atoms with E-state index >= 15 is 0 Å². The van der Waals surface area contributed by atoms with Gasteiger partial charge in [0.25, 0.3) is 5.91 Å². The van der Waals surface area contributed by atoms with Crippen LogP contribution in [0.5, 0.6) is 0 Å². The molecule has 1 aliphatic rings. The fraction of sp³-hybridized carbons (Fsp3) is 0.167.